The van der Waals surface area contributed by atoms with Crippen molar-refractivity contribution < 1.29 is 5.11 Å². The van der Waals surface area contributed by atoms with Crippen molar-refractivity contribution in [2.75, 3.05) is 0 Å². The van der Waals surface area contributed by atoms with Gasteiger partial charge < -0.3 is 9.67 Å². The maximum Gasteiger partial charge on any atom is 0.0830 e. The standard InChI is InChI=1S/C17H17NO/c1-18-10-9-14-12-15(7-8-16(14)18)17(19)11-13-5-3-2-4-6-13/h2-10,12,17,19H,11H2,1H3/t17-/m1/s1. The zero-order valence-electron chi connectivity index (χ0n) is 11.0. The SMILES string of the molecule is Cn1ccc2cc([C@H](O)Cc3ccccc3)ccc21. The second-order valence-electron chi connectivity index (χ2n) is 4.95. The van der Waals surface area contributed by atoms with E-state index in [2.05, 4.69) is 22.8 Å². The van der Waals surface area contributed by atoms with E-state index in [-0.39, 0.29) is 0 Å². The maximum atomic E-state index is 10.3. The fraction of sp³-hybridized carbons (Fsp3) is 0.176. The number of rotatable bonds is 3. The summed E-state index contributed by atoms with van der Waals surface area (Å²) >= 11 is 0. The fourth-order valence-electron chi connectivity index (χ4n) is 2.46. The smallest absolute Gasteiger partial charge is 0.0830 e. The van der Waals surface area contributed by atoms with Crippen LogP contribution in [0.2, 0.25) is 0 Å². The first-order valence-electron chi connectivity index (χ1n) is 6.51. The Hall–Kier alpha value is -2.06. The van der Waals surface area contributed by atoms with Gasteiger partial charge in [-0.15, -0.1) is 0 Å². The van der Waals surface area contributed by atoms with Gasteiger partial charge in [0.25, 0.3) is 0 Å². The predicted molar refractivity (Wildman–Crippen MR) is 78.0 cm³/mol. The van der Waals surface area contributed by atoms with E-state index in [0.717, 1.165) is 11.1 Å². The number of benzene rings is 2. The first-order valence-corrected chi connectivity index (χ1v) is 6.51. The van der Waals surface area contributed by atoms with Crippen molar-refractivity contribution in [1.29, 1.82) is 0 Å². The normalized spacial score (nSPS) is 12.7. The Morgan fingerprint density at radius 3 is 2.63 bits per heavy atom. The highest BCUT2D eigenvalue weighted by atomic mass is 16.3. The largest absolute Gasteiger partial charge is 0.388 e. The van der Waals surface area contributed by atoms with Crippen LogP contribution in [0.3, 0.4) is 0 Å². The third kappa shape index (κ3) is 2.40. The van der Waals surface area contributed by atoms with Crippen molar-refractivity contribution in [3.8, 4) is 0 Å². The molecule has 0 bridgehead atoms. The molecular weight excluding hydrogens is 234 g/mol. The molecule has 1 N–H and O–H groups in total. The van der Waals surface area contributed by atoms with E-state index in [0.29, 0.717) is 6.42 Å². The molecule has 0 amide bonds. The molecule has 0 spiro atoms. The highest BCUT2D eigenvalue weighted by molar-refractivity contribution is 5.80. The van der Waals surface area contributed by atoms with Gasteiger partial charge in [0.1, 0.15) is 0 Å². The Morgan fingerprint density at radius 1 is 1.05 bits per heavy atom. The molecule has 2 heteroatoms. The average Bonchev–Trinajstić information content (AvgIpc) is 2.81. The second-order valence-corrected chi connectivity index (χ2v) is 4.95. The number of aromatic nitrogens is 1. The first kappa shape index (κ1) is 12.0. The van der Waals surface area contributed by atoms with E-state index in [1.165, 1.54) is 10.9 Å². The Bertz CT molecular complexity index is 685. The van der Waals surface area contributed by atoms with Crippen LogP contribution in [0, 0.1) is 0 Å². The van der Waals surface area contributed by atoms with Crippen LogP contribution < -0.4 is 0 Å². The summed E-state index contributed by atoms with van der Waals surface area (Å²) in [6, 6.07) is 18.3. The van der Waals surface area contributed by atoms with Gasteiger partial charge in [0.15, 0.2) is 0 Å². The van der Waals surface area contributed by atoms with E-state index >= 15 is 0 Å². The van der Waals surface area contributed by atoms with Crippen LogP contribution in [0.15, 0.2) is 60.8 Å². The van der Waals surface area contributed by atoms with Crippen LogP contribution in [0.1, 0.15) is 17.2 Å². The number of aliphatic hydroxyl groups is 1. The maximum absolute atomic E-state index is 10.3. The molecule has 19 heavy (non-hydrogen) atoms. The summed E-state index contributed by atoms with van der Waals surface area (Å²) in [7, 11) is 2.03. The molecule has 0 saturated carbocycles. The lowest BCUT2D eigenvalue weighted by Crippen LogP contribution is -2.01. The molecule has 1 aromatic heterocycles. The van der Waals surface area contributed by atoms with Gasteiger partial charge in [-0.2, -0.15) is 0 Å². The van der Waals surface area contributed by atoms with Crippen LogP contribution >= 0.6 is 0 Å². The molecular formula is C17H17NO. The lowest BCUT2D eigenvalue weighted by atomic mass is 10.0. The average molecular weight is 251 g/mol. The lowest BCUT2D eigenvalue weighted by Gasteiger charge is -2.11. The number of fused-ring (bicyclic) bond motifs is 1. The van der Waals surface area contributed by atoms with Gasteiger partial charge in [0, 0.05) is 25.2 Å². The molecule has 0 fully saturated rings. The molecule has 0 aliphatic carbocycles. The number of aliphatic hydroxyl groups excluding tert-OH is 1. The summed E-state index contributed by atoms with van der Waals surface area (Å²) in [5.74, 6) is 0. The Labute approximate surface area is 112 Å². The van der Waals surface area contributed by atoms with Gasteiger partial charge in [0.2, 0.25) is 0 Å². The van der Waals surface area contributed by atoms with Crippen molar-refractivity contribution in [3.63, 3.8) is 0 Å². The second kappa shape index (κ2) is 4.90. The third-order valence-corrected chi connectivity index (χ3v) is 3.57. The van der Waals surface area contributed by atoms with Gasteiger partial charge in [-0.3, -0.25) is 0 Å². The molecule has 0 aliphatic rings. The lowest BCUT2D eigenvalue weighted by molar-refractivity contribution is 0.178. The molecule has 0 radical (unpaired) electrons. The zero-order valence-corrected chi connectivity index (χ0v) is 11.0. The van der Waals surface area contributed by atoms with Crippen molar-refractivity contribution in [1.82, 2.24) is 4.57 Å². The minimum atomic E-state index is -0.452. The topological polar surface area (TPSA) is 25.2 Å². The monoisotopic (exact) mass is 251 g/mol. The van der Waals surface area contributed by atoms with Crippen LogP contribution in [0.5, 0.6) is 0 Å². The van der Waals surface area contributed by atoms with E-state index in [1.807, 2.05) is 49.6 Å². The van der Waals surface area contributed by atoms with Gasteiger partial charge in [-0.05, 0) is 34.7 Å². The molecule has 1 atom stereocenters. The third-order valence-electron chi connectivity index (χ3n) is 3.57. The van der Waals surface area contributed by atoms with E-state index in [4.69, 9.17) is 0 Å². The summed E-state index contributed by atoms with van der Waals surface area (Å²) in [5.41, 5.74) is 3.32. The Kier molecular flexibility index (Phi) is 3.10. The minimum Gasteiger partial charge on any atom is -0.388 e. The van der Waals surface area contributed by atoms with E-state index in [1.54, 1.807) is 0 Å². The van der Waals surface area contributed by atoms with Crippen molar-refractivity contribution in [3.05, 3.63) is 71.9 Å². The Morgan fingerprint density at radius 2 is 1.84 bits per heavy atom. The van der Waals surface area contributed by atoms with Crippen molar-refractivity contribution in [2.45, 2.75) is 12.5 Å². The predicted octanol–water partition coefficient (Wildman–Crippen LogP) is 3.45. The number of aryl methyl sites for hydroxylation is 1. The minimum absolute atomic E-state index is 0.452. The summed E-state index contributed by atoms with van der Waals surface area (Å²) in [4.78, 5) is 0. The molecule has 2 nitrogen and oxygen atoms in total. The highest BCUT2D eigenvalue weighted by Gasteiger charge is 2.09. The van der Waals surface area contributed by atoms with Gasteiger partial charge in [-0.25, -0.2) is 0 Å². The fourth-order valence-corrected chi connectivity index (χ4v) is 2.46. The molecule has 0 aliphatic heterocycles. The van der Waals surface area contributed by atoms with Crippen LogP contribution in [-0.2, 0) is 13.5 Å². The highest BCUT2D eigenvalue weighted by Crippen LogP contribution is 2.23. The summed E-state index contributed by atoms with van der Waals surface area (Å²) in [6.07, 6.45) is 2.24. The molecule has 96 valence electrons. The molecule has 2 aromatic carbocycles. The number of nitrogens with zero attached hydrogens (tertiary/aromatic N) is 1. The van der Waals surface area contributed by atoms with Crippen molar-refractivity contribution >= 4 is 10.9 Å². The first-order chi connectivity index (χ1) is 9.24. The van der Waals surface area contributed by atoms with Crippen LogP contribution in [0.25, 0.3) is 10.9 Å². The zero-order chi connectivity index (χ0) is 13.2. The Balaban J connectivity index is 1.87. The van der Waals surface area contributed by atoms with Gasteiger partial charge in [0.05, 0.1) is 6.10 Å². The molecule has 1 heterocycles. The van der Waals surface area contributed by atoms with E-state index in [9.17, 15) is 5.11 Å². The van der Waals surface area contributed by atoms with E-state index < -0.39 is 6.10 Å². The van der Waals surface area contributed by atoms with Crippen LogP contribution in [0.4, 0.5) is 0 Å². The van der Waals surface area contributed by atoms with Crippen LogP contribution in [-0.4, -0.2) is 9.67 Å². The quantitative estimate of drug-likeness (QED) is 0.757. The van der Waals surface area contributed by atoms with Gasteiger partial charge in [-0.1, -0.05) is 36.4 Å². The van der Waals surface area contributed by atoms with Crippen molar-refractivity contribution in [2.24, 2.45) is 7.05 Å². The molecule has 3 aromatic rings. The number of hydrogen-bond acceptors (Lipinski definition) is 1. The summed E-state index contributed by atoms with van der Waals surface area (Å²) < 4.78 is 2.09. The molecule has 0 unspecified atom stereocenters. The van der Waals surface area contributed by atoms with Gasteiger partial charge >= 0.3 is 0 Å². The summed E-state index contributed by atoms with van der Waals surface area (Å²) in [5, 5.41) is 11.5. The molecule has 3 rings (SSSR count). The molecule has 0 saturated heterocycles. The number of hydrogen-bond donors (Lipinski definition) is 1. The summed E-state index contributed by atoms with van der Waals surface area (Å²) in [6.45, 7) is 0.